The monoisotopic (exact) mass is 371 g/mol. The van der Waals surface area contributed by atoms with Crippen molar-refractivity contribution in [2.24, 2.45) is 11.1 Å². The Hall–Kier alpha value is -2.93. The average Bonchev–Trinajstić information content (AvgIpc) is 3.10. The summed E-state index contributed by atoms with van der Waals surface area (Å²) in [5.41, 5.74) is 10.1. The number of nitrogens with zero attached hydrogens (tertiary/aromatic N) is 2. The second-order valence-electron chi connectivity index (χ2n) is 7.28. The van der Waals surface area contributed by atoms with Crippen LogP contribution in [0.5, 0.6) is 0 Å². The lowest BCUT2D eigenvalue weighted by molar-refractivity contribution is -0.134. The Labute approximate surface area is 157 Å². The summed E-state index contributed by atoms with van der Waals surface area (Å²) in [6.07, 6.45) is 9.88. The fourth-order valence-electron chi connectivity index (χ4n) is 3.17. The van der Waals surface area contributed by atoms with Crippen molar-refractivity contribution < 1.29 is 19.8 Å². The SMILES string of the molecule is CC1=C2C=c3c(cnn3CC(C)N)=C2C(C)(C)C=C1.O=C(O)C=CC(=O)O. The Morgan fingerprint density at radius 1 is 1.30 bits per heavy atom. The maximum Gasteiger partial charge on any atom is 0.328 e. The number of carboxylic acids is 2. The molecule has 27 heavy (non-hydrogen) atoms. The number of aliphatic carboxylic acids is 2. The van der Waals surface area contributed by atoms with E-state index in [4.69, 9.17) is 15.9 Å². The molecule has 3 rings (SSSR count). The summed E-state index contributed by atoms with van der Waals surface area (Å²) in [4.78, 5) is 19.1. The molecule has 4 N–H and O–H groups in total. The van der Waals surface area contributed by atoms with Gasteiger partial charge in [-0.1, -0.05) is 26.0 Å². The first-order chi connectivity index (χ1) is 12.5. The smallest absolute Gasteiger partial charge is 0.328 e. The first-order valence-corrected chi connectivity index (χ1v) is 8.61. The summed E-state index contributed by atoms with van der Waals surface area (Å²) in [5.74, 6) is -2.51. The van der Waals surface area contributed by atoms with E-state index >= 15 is 0 Å². The van der Waals surface area contributed by atoms with Crippen LogP contribution in [-0.4, -0.2) is 38.0 Å². The van der Waals surface area contributed by atoms with E-state index in [-0.39, 0.29) is 11.5 Å². The molecule has 0 radical (unpaired) electrons. The van der Waals surface area contributed by atoms with Gasteiger partial charge in [0.1, 0.15) is 0 Å². The number of nitrogens with two attached hydrogens (primary N) is 1. The van der Waals surface area contributed by atoms with Crippen molar-refractivity contribution in [3.05, 3.63) is 52.2 Å². The number of fused-ring (bicyclic) bond motifs is 2. The van der Waals surface area contributed by atoms with Gasteiger partial charge in [0.25, 0.3) is 0 Å². The fourth-order valence-corrected chi connectivity index (χ4v) is 3.17. The van der Waals surface area contributed by atoms with E-state index in [0.717, 1.165) is 6.54 Å². The molecular formula is C20H25N3O4. The van der Waals surface area contributed by atoms with Gasteiger partial charge in [-0.3, -0.25) is 4.68 Å². The molecule has 0 fully saturated rings. The highest BCUT2D eigenvalue weighted by Gasteiger charge is 2.30. The molecule has 0 aromatic carbocycles. The van der Waals surface area contributed by atoms with Gasteiger partial charge in [-0.25, -0.2) is 9.59 Å². The number of hydrogen-bond donors (Lipinski definition) is 3. The highest BCUT2D eigenvalue weighted by molar-refractivity contribution is 5.89. The van der Waals surface area contributed by atoms with Gasteiger partial charge in [-0.15, -0.1) is 0 Å². The molecule has 7 nitrogen and oxygen atoms in total. The lowest BCUT2D eigenvalue weighted by atomic mass is 9.75. The summed E-state index contributed by atoms with van der Waals surface area (Å²) >= 11 is 0. The maximum atomic E-state index is 9.55. The van der Waals surface area contributed by atoms with E-state index in [1.54, 1.807) is 0 Å². The summed E-state index contributed by atoms with van der Waals surface area (Å²) in [7, 11) is 0. The Bertz CT molecular complexity index is 959. The molecule has 1 aromatic heterocycles. The number of carboxylic acid groups (broad SMARTS) is 2. The largest absolute Gasteiger partial charge is 0.478 e. The maximum absolute atomic E-state index is 9.55. The number of aromatic nitrogens is 2. The van der Waals surface area contributed by atoms with Crippen molar-refractivity contribution in [1.82, 2.24) is 9.78 Å². The normalized spacial score (nSPS) is 17.7. The first-order valence-electron chi connectivity index (χ1n) is 8.61. The van der Waals surface area contributed by atoms with Crippen molar-refractivity contribution in [2.45, 2.75) is 40.3 Å². The molecule has 144 valence electrons. The minimum atomic E-state index is -1.26. The molecule has 2 aliphatic carbocycles. The highest BCUT2D eigenvalue weighted by atomic mass is 16.4. The molecule has 1 aromatic rings. The molecule has 1 heterocycles. The minimum absolute atomic E-state index is 0.0682. The summed E-state index contributed by atoms with van der Waals surface area (Å²) in [5, 5.41) is 22.6. The third-order valence-corrected chi connectivity index (χ3v) is 4.35. The molecule has 2 aliphatic rings. The van der Waals surface area contributed by atoms with Crippen LogP contribution < -0.4 is 16.3 Å². The van der Waals surface area contributed by atoms with Crippen LogP contribution in [0, 0.1) is 5.41 Å². The first kappa shape index (κ1) is 20.4. The molecule has 1 unspecified atom stereocenters. The molecule has 0 aliphatic heterocycles. The van der Waals surface area contributed by atoms with E-state index in [0.29, 0.717) is 12.2 Å². The Morgan fingerprint density at radius 2 is 1.89 bits per heavy atom. The van der Waals surface area contributed by atoms with Crippen molar-refractivity contribution in [3.63, 3.8) is 0 Å². The summed E-state index contributed by atoms with van der Waals surface area (Å²) in [6.45, 7) is 9.47. The van der Waals surface area contributed by atoms with Crippen LogP contribution in [0.2, 0.25) is 0 Å². The molecule has 7 heteroatoms. The number of hydrogen-bond acceptors (Lipinski definition) is 4. The van der Waals surface area contributed by atoms with Crippen LogP contribution in [0.1, 0.15) is 27.7 Å². The molecule has 0 saturated heterocycles. The van der Waals surface area contributed by atoms with Gasteiger partial charge in [0, 0.05) is 28.8 Å². The van der Waals surface area contributed by atoms with Crippen molar-refractivity contribution in [2.75, 3.05) is 0 Å². The summed E-state index contributed by atoms with van der Waals surface area (Å²) in [6, 6.07) is 0.117. The van der Waals surface area contributed by atoms with Crippen LogP contribution in [0.4, 0.5) is 0 Å². The standard InChI is InChI=1S/C16H21N3.C4H4O4/c1-10-5-6-16(3,4)15-12(10)7-14-13(15)8-18-19(14)9-11(2)17;5-3(6)1-2-4(7)8/h5-8,11H,9,17H2,1-4H3;1-2H,(H,5,6)(H,7,8). The van der Waals surface area contributed by atoms with Crippen molar-refractivity contribution in [1.29, 1.82) is 0 Å². The van der Waals surface area contributed by atoms with Gasteiger partial charge in [0.15, 0.2) is 0 Å². The van der Waals surface area contributed by atoms with Gasteiger partial charge in [0.05, 0.1) is 18.1 Å². The number of allylic oxidation sites excluding steroid dienone is 4. The topological polar surface area (TPSA) is 118 Å². The lowest BCUT2D eigenvalue weighted by Gasteiger charge is -2.28. The second-order valence-corrected chi connectivity index (χ2v) is 7.28. The van der Waals surface area contributed by atoms with Crippen LogP contribution in [0.15, 0.2) is 41.6 Å². The Morgan fingerprint density at radius 3 is 2.41 bits per heavy atom. The van der Waals surface area contributed by atoms with Crippen LogP contribution >= 0.6 is 0 Å². The van der Waals surface area contributed by atoms with Gasteiger partial charge in [-0.2, -0.15) is 5.10 Å². The predicted molar refractivity (Wildman–Crippen MR) is 103 cm³/mol. The van der Waals surface area contributed by atoms with Gasteiger partial charge in [-0.05, 0) is 36.6 Å². The minimum Gasteiger partial charge on any atom is -0.478 e. The average molecular weight is 371 g/mol. The Balaban J connectivity index is 0.000000279. The van der Waals surface area contributed by atoms with E-state index in [1.165, 1.54) is 27.3 Å². The van der Waals surface area contributed by atoms with E-state index in [9.17, 15) is 9.59 Å². The third kappa shape index (κ3) is 4.62. The highest BCUT2D eigenvalue weighted by Crippen LogP contribution is 2.40. The number of rotatable bonds is 4. The molecule has 1 atom stereocenters. The van der Waals surface area contributed by atoms with Gasteiger partial charge >= 0.3 is 11.9 Å². The van der Waals surface area contributed by atoms with Crippen LogP contribution in [0.25, 0.3) is 11.6 Å². The fraction of sp³-hybridized carbons (Fsp3) is 0.350. The molecule has 0 amide bonds. The van der Waals surface area contributed by atoms with Gasteiger partial charge < -0.3 is 15.9 Å². The molecule has 0 spiro atoms. The van der Waals surface area contributed by atoms with Crippen molar-refractivity contribution >= 4 is 23.6 Å². The number of carbonyl (C=O) groups is 2. The third-order valence-electron chi connectivity index (χ3n) is 4.35. The predicted octanol–water partition coefficient (Wildman–Crippen LogP) is 0.799. The quantitative estimate of drug-likeness (QED) is 0.674. The van der Waals surface area contributed by atoms with Crippen molar-refractivity contribution in [3.8, 4) is 0 Å². The molecular weight excluding hydrogens is 346 g/mol. The van der Waals surface area contributed by atoms with E-state index in [2.05, 4.69) is 44.1 Å². The Kier molecular flexibility index (Phi) is 5.85. The van der Waals surface area contributed by atoms with Crippen LogP contribution in [0.3, 0.4) is 0 Å². The zero-order valence-corrected chi connectivity index (χ0v) is 15.9. The molecule has 0 saturated carbocycles. The van der Waals surface area contributed by atoms with Crippen LogP contribution in [-0.2, 0) is 16.1 Å². The molecule has 0 bridgehead atoms. The van der Waals surface area contributed by atoms with Gasteiger partial charge in [0.2, 0.25) is 0 Å². The zero-order chi connectivity index (χ0) is 20.4. The second kappa shape index (κ2) is 7.75. The summed E-state index contributed by atoms with van der Waals surface area (Å²) < 4.78 is 2.03. The lowest BCUT2D eigenvalue weighted by Crippen LogP contribution is -2.34. The van der Waals surface area contributed by atoms with E-state index < -0.39 is 11.9 Å². The zero-order valence-electron chi connectivity index (χ0n) is 15.9. The van der Waals surface area contributed by atoms with E-state index in [1.807, 2.05) is 17.8 Å².